The molecule has 0 bridgehead atoms. The summed E-state index contributed by atoms with van der Waals surface area (Å²) in [6.07, 6.45) is 2.89. The number of carbonyl (C=O) groups excluding carboxylic acids is 1. The van der Waals surface area contributed by atoms with E-state index in [0.717, 1.165) is 26.2 Å². The van der Waals surface area contributed by atoms with Gasteiger partial charge in [0.2, 0.25) is 0 Å². The molecule has 18 heavy (non-hydrogen) atoms. The largest absolute Gasteiger partial charge is 0.381 e. The first kappa shape index (κ1) is 13.1. The number of hydrogen-bond donors (Lipinski definition) is 0. The fraction of sp³-hybridized carbons (Fsp3) is 0.692. The molecule has 0 unspecified atom stereocenters. The molecule has 1 aromatic heterocycles. The highest BCUT2D eigenvalue weighted by Crippen LogP contribution is 2.14. The van der Waals surface area contributed by atoms with Crippen LogP contribution in [0.1, 0.15) is 36.8 Å². The molecule has 2 rings (SSSR count). The van der Waals surface area contributed by atoms with Gasteiger partial charge >= 0.3 is 0 Å². The Morgan fingerprint density at radius 1 is 1.67 bits per heavy atom. The van der Waals surface area contributed by atoms with Crippen LogP contribution in [0.4, 0.5) is 0 Å². The van der Waals surface area contributed by atoms with E-state index < -0.39 is 0 Å². The predicted molar refractivity (Wildman–Crippen MR) is 68.5 cm³/mol. The molecule has 100 valence electrons. The van der Waals surface area contributed by atoms with E-state index in [0.29, 0.717) is 11.6 Å². The molecular weight excluding hydrogens is 230 g/mol. The number of rotatable bonds is 4. The summed E-state index contributed by atoms with van der Waals surface area (Å²) in [6, 6.07) is 2.06. The zero-order chi connectivity index (χ0) is 13.1. The monoisotopic (exact) mass is 251 g/mol. The normalized spacial score (nSPS) is 19.4. The van der Waals surface area contributed by atoms with Crippen LogP contribution < -0.4 is 0 Å². The zero-order valence-corrected chi connectivity index (χ0v) is 11.3. The quantitative estimate of drug-likeness (QED) is 0.816. The summed E-state index contributed by atoms with van der Waals surface area (Å²) in [5.41, 5.74) is 0.519. The van der Waals surface area contributed by atoms with Gasteiger partial charge in [0.15, 0.2) is 0 Å². The molecule has 1 amide bonds. The van der Waals surface area contributed by atoms with E-state index in [9.17, 15) is 4.79 Å². The molecule has 0 saturated carbocycles. The first-order valence-electron chi connectivity index (χ1n) is 6.46. The number of nitrogens with zero attached hydrogens (tertiary/aromatic N) is 3. The molecule has 5 heteroatoms. The van der Waals surface area contributed by atoms with Gasteiger partial charge in [0.1, 0.15) is 5.69 Å². The van der Waals surface area contributed by atoms with Crippen molar-refractivity contribution in [2.24, 2.45) is 5.92 Å². The van der Waals surface area contributed by atoms with Gasteiger partial charge in [-0.15, -0.1) is 0 Å². The van der Waals surface area contributed by atoms with Gasteiger partial charge in [-0.3, -0.25) is 9.48 Å². The van der Waals surface area contributed by atoms with E-state index in [-0.39, 0.29) is 11.9 Å². The van der Waals surface area contributed by atoms with Gasteiger partial charge in [-0.25, -0.2) is 0 Å². The molecule has 1 aliphatic heterocycles. The zero-order valence-electron chi connectivity index (χ0n) is 11.3. The third-order valence-corrected chi connectivity index (χ3v) is 3.26. The Hall–Kier alpha value is -1.36. The van der Waals surface area contributed by atoms with Crippen molar-refractivity contribution in [3.05, 3.63) is 18.0 Å². The van der Waals surface area contributed by atoms with Gasteiger partial charge in [-0.05, 0) is 26.3 Å². The summed E-state index contributed by atoms with van der Waals surface area (Å²) >= 11 is 0. The SMILES string of the molecule is CC(C)n1ccc(C(=O)N(C)C[C@H]2CCOC2)n1. The summed E-state index contributed by atoms with van der Waals surface area (Å²) in [4.78, 5) is 13.9. The molecule has 1 saturated heterocycles. The fourth-order valence-electron chi connectivity index (χ4n) is 2.13. The second-order valence-corrected chi connectivity index (χ2v) is 5.19. The van der Waals surface area contributed by atoms with Crippen LogP contribution in [0.25, 0.3) is 0 Å². The first-order valence-corrected chi connectivity index (χ1v) is 6.46. The second kappa shape index (κ2) is 5.52. The van der Waals surface area contributed by atoms with Crippen molar-refractivity contribution in [2.75, 3.05) is 26.8 Å². The summed E-state index contributed by atoms with van der Waals surface area (Å²) in [7, 11) is 1.83. The van der Waals surface area contributed by atoms with Crippen LogP contribution in [0.2, 0.25) is 0 Å². The van der Waals surface area contributed by atoms with E-state index in [1.165, 1.54) is 0 Å². The molecule has 0 radical (unpaired) electrons. The Balaban J connectivity index is 1.96. The maximum Gasteiger partial charge on any atom is 0.274 e. The minimum Gasteiger partial charge on any atom is -0.381 e. The number of ether oxygens (including phenoxy) is 1. The van der Waals surface area contributed by atoms with Gasteiger partial charge in [0.25, 0.3) is 5.91 Å². The third kappa shape index (κ3) is 2.90. The van der Waals surface area contributed by atoms with E-state index in [4.69, 9.17) is 4.74 Å². The molecule has 1 fully saturated rings. The van der Waals surface area contributed by atoms with Gasteiger partial charge < -0.3 is 9.64 Å². The van der Waals surface area contributed by atoms with Gasteiger partial charge in [0, 0.05) is 38.4 Å². The minimum absolute atomic E-state index is 0.0127. The molecule has 0 aliphatic carbocycles. The summed E-state index contributed by atoms with van der Waals surface area (Å²) in [5, 5.41) is 4.30. The van der Waals surface area contributed by atoms with Crippen LogP contribution in [0, 0.1) is 5.92 Å². The lowest BCUT2D eigenvalue weighted by atomic mass is 10.1. The molecule has 0 spiro atoms. The smallest absolute Gasteiger partial charge is 0.274 e. The highest BCUT2D eigenvalue weighted by atomic mass is 16.5. The molecule has 5 nitrogen and oxygen atoms in total. The molecular formula is C13H21N3O2. The van der Waals surface area contributed by atoms with Gasteiger partial charge in [0.05, 0.1) is 6.61 Å². The molecule has 0 N–H and O–H groups in total. The van der Waals surface area contributed by atoms with Crippen molar-refractivity contribution in [3.8, 4) is 0 Å². The number of amides is 1. The Bertz CT molecular complexity index is 408. The Morgan fingerprint density at radius 2 is 2.44 bits per heavy atom. The van der Waals surface area contributed by atoms with E-state index in [2.05, 4.69) is 5.10 Å². The van der Waals surface area contributed by atoms with Crippen LogP contribution in [0.15, 0.2) is 12.3 Å². The van der Waals surface area contributed by atoms with Crippen molar-refractivity contribution < 1.29 is 9.53 Å². The van der Waals surface area contributed by atoms with Crippen molar-refractivity contribution in [2.45, 2.75) is 26.3 Å². The Morgan fingerprint density at radius 3 is 3.00 bits per heavy atom. The van der Waals surface area contributed by atoms with E-state index >= 15 is 0 Å². The highest BCUT2D eigenvalue weighted by Gasteiger charge is 2.22. The predicted octanol–water partition coefficient (Wildman–Crippen LogP) is 1.57. The maximum atomic E-state index is 12.2. The van der Waals surface area contributed by atoms with Gasteiger partial charge in [-0.2, -0.15) is 5.10 Å². The van der Waals surface area contributed by atoms with Crippen LogP contribution in [-0.2, 0) is 4.74 Å². The number of aromatic nitrogens is 2. The number of hydrogen-bond acceptors (Lipinski definition) is 3. The van der Waals surface area contributed by atoms with Crippen molar-refractivity contribution in [3.63, 3.8) is 0 Å². The Kier molecular flexibility index (Phi) is 4.01. The van der Waals surface area contributed by atoms with E-state index in [1.807, 2.05) is 27.1 Å². The molecule has 1 aromatic rings. The van der Waals surface area contributed by atoms with Crippen molar-refractivity contribution in [1.29, 1.82) is 0 Å². The Labute approximate surface area is 108 Å². The molecule has 0 aromatic carbocycles. The highest BCUT2D eigenvalue weighted by molar-refractivity contribution is 5.92. The van der Waals surface area contributed by atoms with Gasteiger partial charge in [-0.1, -0.05) is 0 Å². The second-order valence-electron chi connectivity index (χ2n) is 5.19. The fourth-order valence-corrected chi connectivity index (χ4v) is 2.13. The summed E-state index contributed by atoms with van der Waals surface area (Å²) < 4.78 is 7.13. The average Bonchev–Trinajstić information content (AvgIpc) is 2.98. The molecule has 1 aliphatic rings. The maximum absolute atomic E-state index is 12.2. The lowest BCUT2D eigenvalue weighted by Crippen LogP contribution is -2.32. The first-order chi connectivity index (χ1) is 8.58. The summed E-state index contributed by atoms with van der Waals surface area (Å²) in [5.74, 6) is 0.451. The van der Waals surface area contributed by atoms with Crippen LogP contribution in [-0.4, -0.2) is 47.4 Å². The minimum atomic E-state index is -0.0127. The lowest BCUT2D eigenvalue weighted by molar-refractivity contribution is 0.0759. The third-order valence-electron chi connectivity index (χ3n) is 3.26. The van der Waals surface area contributed by atoms with E-state index in [1.54, 1.807) is 15.6 Å². The van der Waals surface area contributed by atoms with Crippen molar-refractivity contribution in [1.82, 2.24) is 14.7 Å². The van der Waals surface area contributed by atoms with Crippen LogP contribution >= 0.6 is 0 Å². The molecule has 2 heterocycles. The van der Waals surface area contributed by atoms with Crippen molar-refractivity contribution >= 4 is 5.91 Å². The number of carbonyl (C=O) groups is 1. The average molecular weight is 251 g/mol. The molecule has 1 atom stereocenters. The lowest BCUT2D eigenvalue weighted by Gasteiger charge is -2.19. The summed E-state index contributed by atoms with van der Waals surface area (Å²) in [6.45, 7) is 6.40. The van der Waals surface area contributed by atoms with Crippen LogP contribution in [0.5, 0.6) is 0 Å². The topological polar surface area (TPSA) is 47.4 Å². The van der Waals surface area contributed by atoms with Crippen LogP contribution in [0.3, 0.4) is 0 Å². The standard InChI is InChI=1S/C13H21N3O2/c1-10(2)16-6-4-12(14-16)13(17)15(3)8-11-5-7-18-9-11/h4,6,10-11H,5,7-9H2,1-3H3/t11-/m1/s1.